The van der Waals surface area contributed by atoms with Crippen LogP contribution in [0.1, 0.15) is 19.3 Å². The number of Topliss-reactive ketones (excluding diaryl/α,β-unsaturated/α-hetero) is 1. The Bertz CT molecular complexity index is 340. The molecule has 0 heterocycles. The molecule has 66 valence electrons. The van der Waals surface area contributed by atoms with Gasteiger partial charge < -0.3 is 0 Å². The lowest BCUT2D eigenvalue weighted by Gasteiger charge is -1.94. The minimum Gasteiger partial charge on any atom is -0.293 e. The van der Waals surface area contributed by atoms with Crippen molar-refractivity contribution in [3.8, 4) is 0 Å². The van der Waals surface area contributed by atoms with Crippen LogP contribution in [-0.4, -0.2) is 11.5 Å². The van der Waals surface area contributed by atoms with Crippen molar-refractivity contribution >= 4 is 17.2 Å². The number of para-hydroxylation sites is 1. The molecule has 0 aromatic heterocycles. The molecule has 0 spiro atoms. The average Bonchev–Trinajstić information content (AvgIpc) is 2.54. The maximum atomic E-state index is 11.2. The summed E-state index contributed by atoms with van der Waals surface area (Å²) < 4.78 is 0. The van der Waals surface area contributed by atoms with Gasteiger partial charge in [0.25, 0.3) is 0 Å². The molecule has 0 bridgehead atoms. The molecule has 2 nitrogen and oxygen atoms in total. The van der Waals surface area contributed by atoms with Crippen LogP contribution in [0.3, 0.4) is 0 Å². The molecule has 0 aliphatic heterocycles. The van der Waals surface area contributed by atoms with E-state index in [1.165, 1.54) is 0 Å². The first-order chi connectivity index (χ1) is 6.36. The number of carbonyl (C=O) groups is 1. The maximum absolute atomic E-state index is 11.2. The molecule has 1 saturated carbocycles. The van der Waals surface area contributed by atoms with Crippen molar-refractivity contribution in [1.29, 1.82) is 0 Å². The van der Waals surface area contributed by atoms with E-state index in [9.17, 15) is 4.79 Å². The summed E-state index contributed by atoms with van der Waals surface area (Å²) in [7, 11) is 0. The lowest BCUT2D eigenvalue weighted by molar-refractivity contribution is -0.112. The largest absolute Gasteiger partial charge is 0.293 e. The smallest absolute Gasteiger partial charge is 0.177 e. The molecule has 1 aliphatic rings. The van der Waals surface area contributed by atoms with E-state index < -0.39 is 0 Å². The second-order valence-electron chi connectivity index (χ2n) is 3.17. The van der Waals surface area contributed by atoms with Gasteiger partial charge in [0.15, 0.2) is 5.78 Å². The predicted octanol–water partition coefficient (Wildman–Crippen LogP) is 2.51. The van der Waals surface area contributed by atoms with Crippen LogP contribution in [-0.2, 0) is 4.79 Å². The minimum absolute atomic E-state index is 0.212. The van der Waals surface area contributed by atoms with Gasteiger partial charge in [-0.15, -0.1) is 0 Å². The zero-order valence-electron chi connectivity index (χ0n) is 7.36. The first-order valence-electron chi connectivity index (χ1n) is 4.52. The Kier molecular flexibility index (Phi) is 2.21. The number of hydrogen-bond donors (Lipinski definition) is 0. The highest BCUT2D eigenvalue weighted by Gasteiger charge is 2.18. The molecule has 1 aromatic rings. The maximum Gasteiger partial charge on any atom is 0.177 e. The molecule has 0 unspecified atom stereocenters. The first kappa shape index (κ1) is 8.17. The van der Waals surface area contributed by atoms with Gasteiger partial charge in [-0.2, -0.15) is 0 Å². The van der Waals surface area contributed by atoms with E-state index in [4.69, 9.17) is 0 Å². The Morgan fingerprint density at radius 2 is 1.85 bits per heavy atom. The summed E-state index contributed by atoms with van der Waals surface area (Å²) in [6, 6.07) is 9.63. The molecule has 0 radical (unpaired) electrons. The van der Waals surface area contributed by atoms with Crippen molar-refractivity contribution in [2.24, 2.45) is 4.99 Å². The third kappa shape index (κ3) is 1.83. The van der Waals surface area contributed by atoms with Crippen LogP contribution in [0.25, 0.3) is 0 Å². The second kappa shape index (κ2) is 3.52. The highest BCUT2D eigenvalue weighted by molar-refractivity contribution is 6.42. The van der Waals surface area contributed by atoms with Crippen LogP contribution in [0.5, 0.6) is 0 Å². The molecule has 0 saturated heterocycles. The van der Waals surface area contributed by atoms with Gasteiger partial charge in [-0.25, -0.2) is 4.99 Å². The fraction of sp³-hybridized carbons (Fsp3) is 0.273. The molecule has 0 amide bonds. The van der Waals surface area contributed by atoms with E-state index in [-0.39, 0.29) is 5.78 Å². The summed E-state index contributed by atoms with van der Waals surface area (Å²) in [6.45, 7) is 0. The fourth-order valence-corrected chi connectivity index (χ4v) is 1.48. The Morgan fingerprint density at radius 1 is 1.08 bits per heavy atom. The molecule has 2 heteroatoms. The monoisotopic (exact) mass is 173 g/mol. The van der Waals surface area contributed by atoms with Gasteiger partial charge in [0.2, 0.25) is 0 Å². The number of carbonyl (C=O) groups excluding carboxylic acids is 1. The highest BCUT2D eigenvalue weighted by atomic mass is 16.1. The normalized spacial score (nSPS) is 19.7. The number of ketones is 1. The predicted molar refractivity (Wildman–Crippen MR) is 52.4 cm³/mol. The van der Waals surface area contributed by atoms with Gasteiger partial charge in [0.05, 0.1) is 11.4 Å². The van der Waals surface area contributed by atoms with Crippen LogP contribution in [0, 0.1) is 0 Å². The second-order valence-corrected chi connectivity index (χ2v) is 3.17. The molecule has 1 aromatic carbocycles. The van der Waals surface area contributed by atoms with Crippen molar-refractivity contribution in [3.63, 3.8) is 0 Å². The van der Waals surface area contributed by atoms with Crippen LogP contribution < -0.4 is 0 Å². The molecular formula is C11H11NO. The van der Waals surface area contributed by atoms with E-state index in [1.807, 2.05) is 30.3 Å². The third-order valence-electron chi connectivity index (χ3n) is 2.16. The van der Waals surface area contributed by atoms with E-state index >= 15 is 0 Å². The number of nitrogens with zero attached hydrogens (tertiary/aromatic N) is 1. The van der Waals surface area contributed by atoms with Gasteiger partial charge in [0, 0.05) is 6.42 Å². The van der Waals surface area contributed by atoms with Crippen molar-refractivity contribution in [3.05, 3.63) is 30.3 Å². The van der Waals surface area contributed by atoms with Crippen molar-refractivity contribution in [2.75, 3.05) is 0 Å². The lowest BCUT2D eigenvalue weighted by atomic mass is 10.3. The van der Waals surface area contributed by atoms with Gasteiger partial charge in [-0.3, -0.25) is 4.79 Å². The van der Waals surface area contributed by atoms with Crippen molar-refractivity contribution < 1.29 is 4.79 Å². The quantitative estimate of drug-likeness (QED) is 0.641. The van der Waals surface area contributed by atoms with E-state index in [2.05, 4.69) is 4.99 Å². The van der Waals surface area contributed by atoms with Crippen LogP contribution in [0.2, 0.25) is 0 Å². The molecule has 2 rings (SSSR count). The molecule has 13 heavy (non-hydrogen) atoms. The standard InChI is InChI=1S/C11H11NO/c13-11-8-4-7-10(11)12-9-5-2-1-3-6-9/h1-3,5-6H,4,7-8H2. The zero-order valence-corrected chi connectivity index (χ0v) is 7.36. The summed E-state index contributed by atoms with van der Waals surface area (Å²) in [5, 5.41) is 0. The summed E-state index contributed by atoms with van der Waals surface area (Å²) in [6.07, 6.45) is 2.48. The van der Waals surface area contributed by atoms with E-state index in [0.717, 1.165) is 24.2 Å². The SMILES string of the molecule is O=C1CCCC1=Nc1ccccc1. The van der Waals surface area contributed by atoms with Gasteiger partial charge >= 0.3 is 0 Å². The number of rotatable bonds is 1. The number of hydrogen-bond acceptors (Lipinski definition) is 2. The summed E-state index contributed by atoms with van der Waals surface area (Å²) in [5.41, 5.74) is 1.62. The Balaban J connectivity index is 2.25. The van der Waals surface area contributed by atoms with E-state index in [1.54, 1.807) is 0 Å². The van der Waals surface area contributed by atoms with E-state index in [0.29, 0.717) is 6.42 Å². The third-order valence-corrected chi connectivity index (χ3v) is 2.16. The zero-order chi connectivity index (χ0) is 9.10. The highest BCUT2D eigenvalue weighted by Crippen LogP contribution is 2.17. The average molecular weight is 173 g/mol. The van der Waals surface area contributed by atoms with Crippen LogP contribution in [0.15, 0.2) is 35.3 Å². The van der Waals surface area contributed by atoms with Gasteiger partial charge in [-0.05, 0) is 25.0 Å². The molecule has 1 fully saturated rings. The lowest BCUT2D eigenvalue weighted by Crippen LogP contribution is -2.02. The Morgan fingerprint density at radius 3 is 2.46 bits per heavy atom. The van der Waals surface area contributed by atoms with Crippen molar-refractivity contribution in [1.82, 2.24) is 0 Å². The number of benzene rings is 1. The summed E-state index contributed by atoms with van der Waals surface area (Å²) in [5.74, 6) is 0.212. The fourth-order valence-electron chi connectivity index (χ4n) is 1.48. The first-order valence-corrected chi connectivity index (χ1v) is 4.52. The Labute approximate surface area is 77.3 Å². The summed E-state index contributed by atoms with van der Waals surface area (Å²) >= 11 is 0. The van der Waals surface area contributed by atoms with Gasteiger partial charge in [0.1, 0.15) is 0 Å². The molecule has 1 aliphatic carbocycles. The molecule has 0 atom stereocenters. The Hall–Kier alpha value is -1.44. The van der Waals surface area contributed by atoms with Crippen LogP contribution in [0.4, 0.5) is 5.69 Å². The summed E-state index contributed by atoms with van der Waals surface area (Å²) in [4.78, 5) is 15.6. The minimum atomic E-state index is 0.212. The van der Waals surface area contributed by atoms with Crippen LogP contribution >= 0.6 is 0 Å². The number of aliphatic imine (C=N–C) groups is 1. The molecule has 0 N–H and O–H groups in total. The van der Waals surface area contributed by atoms with Gasteiger partial charge in [-0.1, -0.05) is 18.2 Å². The van der Waals surface area contributed by atoms with Crippen molar-refractivity contribution in [2.45, 2.75) is 19.3 Å². The molecular weight excluding hydrogens is 162 g/mol. The topological polar surface area (TPSA) is 29.4 Å².